The van der Waals surface area contributed by atoms with Gasteiger partial charge in [-0.15, -0.1) is 0 Å². The number of alkyl halides is 3. The lowest BCUT2D eigenvalue weighted by Gasteiger charge is -2.16. The molecule has 0 unspecified atom stereocenters. The molecule has 1 aromatic heterocycles. The van der Waals surface area contributed by atoms with E-state index in [1.165, 1.54) is 41.0 Å². The molecule has 0 saturated carbocycles. The summed E-state index contributed by atoms with van der Waals surface area (Å²) >= 11 is 0. The molecule has 3 aromatic rings. The average molecular weight is 360 g/mol. The third-order valence-corrected chi connectivity index (χ3v) is 3.81. The summed E-state index contributed by atoms with van der Waals surface area (Å²) in [5.74, 6) is -0.106. The van der Waals surface area contributed by atoms with Crippen LogP contribution in [0, 0.1) is 0 Å². The standard InChI is InChI=1S/C19H15F3N2O2/c1-24-11-12(6-9-18(24)25)14-10-13(23)7-8-16(14)26-17-5-3-2-4-15(17)19(20,21)22/h2-11H,23H2,1H3. The molecule has 2 N–H and O–H groups in total. The Morgan fingerprint density at radius 1 is 1.00 bits per heavy atom. The van der Waals surface area contributed by atoms with Crippen LogP contribution >= 0.6 is 0 Å². The molecule has 0 amide bonds. The van der Waals surface area contributed by atoms with Gasteiger partial charge in [0.25, 0.3) is 0 Å². The molecule has 0 aliphatic heterocycles. The van der Waals surface area contributed by atoms with Crippen molar-refractivity contribution in [1.29, 1.82) is 0 Å². The van der Waals surface area contributed by atoms with E-state index in [-0.39, 0.29) is 17.1 Å². The van der Waals surface area contributed by atoms with Crippen molar-refractivity contribution in [1.82, 2.24) is 4.57 Å². The molecule has 0 atom stereocenters. The number of aromatic nitrogens is 1. The Bertz CT molecular complexity index is 1010. The second-order valence-corrected chi connectivity index (χ2v) is 5.72. The number of para-hydroxylation sites is 1. The number of nitrogens with zero attached hydrogens (tertiary/aromatic N) is 1. The van der Waals surface area contributed by atoms with Gasteiger partial charge < -0.3 is 15.0 Å². The lowest BCUT2D eigenvalue weighted by Crippen LogP contribution is -2.14. The van der Waals surface area contributed by atoms with Gasteiger partial charge in [0.2, 0.25) is 5.56 Å². The molecule has 4 nitrogen and oxygen atoms in total. The van der Waals surface area contributed by atoms with Gasteiger partial charge in [-0.1, -0.05) is 12.1 Å². The van der Waals surface area contributed by atoms with Gasteiger partial charge in [0, 0.05) is 36.1 Å². The number of halogens is 3. The van der Waals surface area contributed by atoms with E-state index < -0.39 is 11.7 Å². The number of rotatable bonds is 3. The fourth-order valence-corrected chi connectivity index (χ4v) is 2.52. The molecule has 134 valence electrons. The zero-order valence-electron chi connectivity index (χ0n) is 13.7. The Labute approximate surface area is 147 Å². The van der Waals surface area contributed by atoms with E-state index in [1.807, 2.05) is 0 Å². The van der Waals surface area contributed by atoms with E-state index in [0.29, 0.717) is 16.8 Å². The topological polar surface area (TPSA) is 57.2 Å². The van der Waals surface area contributed by atoms with Crippen molar-refractivity contribution in [3.05, 3.63) is 76.7 Å². The van der Waals surface area contributed by atoms with Crippen molar-refractivity contribution >= 4 is 5.69 Å². The fraction of sp³-hybridized carbons (Fsp3) is 0.105. The molecule has 0 aliphatic carbocycles. The third-order valence-electron chi connectivity index (χ3n) is 3.81. The van der Waals surface area contributed by atoms with Gasteiger partial charge in [0.05, 0.1) is 5.56 Å². The Hall–Kier alpha value is -3.22. The Morgan fingerprint density at radius 2 is 1.73 bits per heavy atom. The van der Waals surface area contributed by atoms with Crippen LogP contribution < -0.4 is 16.0 Å². The maximum Gasteiger partial charge on any atom is 0.419 e. The number of pyridine rings is 1. The van der Waals surface area contributed by atoms with Crippen LogP contribution in [0.5, 0.6) is 11.5 Å². The number of hydrogen-bond donors (Lipinski definition) is 1. The highest BCUT2D eigenvalue weighted by atomic mass is 19.4. The number of nitrogen functional groups attached to an aromatic ring is 1. The van der Waals surface area contributed by atoms with Crippen molar-refractivity contribution in [2.24, 2.45) is 7.05 Å². The maximum atomic E-state index is 13.2. The van der Waals surface area contributed by atoms with E-state index >= 15 is 0 Å². The largest absolute Gasteiger partial charge is 0.456 e. The number of nitrogens with two attached hydrogens (primary N) is 1. The number of aryl methyl sites for hydroxylation is 1. The van der Waals surface area contributed by atoms with Crippen LogP contribution in [0.25, 0.3) is 11.1 Å². The Kier molecular flexibility index (Phi) is 4.46. The maximum absolute atomic E-state index is 13.2. The van der Waals surface area contributed by atoms with Crippen molar-refractivity contribution in [2.75, 3.05) is 5.73 Å². The molecule has 3 rings (SSSR count). The zero-order valence-corrected chi connectivity index (χ0v) is 13.7. The summed E-state index contributed by atoms with van der Waals surface area (Å²) in [7, 11) is 1.58. The van der Waals surface area contributed by atoms with Gasteiger partial charge >= 0.3 is 6.18 Å². The van der Waals surface area contributed by atoms with Crippen molar-refractivity contribution in [2.45, 2.75) is 6.18 Å². The molecule has 26 heavy (non-hydrogen) atoms. The highest BCUT2D eigenvalue weighted by Gasteiger charge is 2.34. The van der Waals surface area contributed by atoms with Gasteiger partial charge in [-0.3, -0.25) is 4.79 Å². The predicted molar refractivity (Wildman–Crippen MR) is 93.0 cm³/mol. The first-order valence-corrected chi connectivity index (χ1v) is 7.66. The minimum Gasteiger partial charge on any atom is -0.456 e. The number of hydrogen-bond acceptors (Lipinski definition) is 3. The smallest absolute Gasteiger partial charge is 0.419 e. The summed E-state index contributed by atoms with van der Waals surface area (Å²) in [4.78, 5) is 11.6. The molecule has 2 aromatic carbocycles. The molecule has 0 bridgehead atoms. The summed E-state index contributed by atoms with van der Waals surface area (Å²) < 4.78 is 46.5. The minimum atomic E-state index is -4.54. The quantitative estimate of drug-likeness (QED) is 0.702. The van der Waals surface area contributed by atoms with Crippen LogP contribution in [0.1, 0.15) is 5.56 Å². The molecule has 0 saturated heterocycles. The van der Waals surface area contributed by atoms with E-state index in [9.17, 15) is 18.0 Å². The number of ether oxygens (including phenoxy) is 1. The monoisotopic (exact) mass is 360 g/mol. The Morgan fingerprint density at radius 3 is 2.42 bits per heavy atom. The first-order valence-electron chi connectivity index (χ1n) is 7.66. The first-order chi connectivity index (χ1) is 12.3. The summed E-state index contributed by atoms with van der Waals surface area (Å²) in [6.45, 7) is 0. The number of benzene rings is 2. The minimum absolute atomic E-state index is 0.203. The first kappa shape index (κ1) is 17.6. The van der Waals surface area contributed by atoms with E-state index in [1.54, 1.807) is 25.4 Å². The molecule has 7 heteroatoms. The van der Waals surface area contributed by atoms with E-state index in [2.05, 4.69) is 0 Å². The van der Waals surface area contributed by atoms with Crippen molar-refractivity contribution < 1.29 is 17.9 Å². The second-order valence-electron chi connectivity index (χ2n) is 5.72. The van der Waals surface area contributed by atoms with Crippen LogP contribution in [-0.2, 0) is 13.2 Å². The van der Waals surface area contributed by atoms with E-state index in [4.69, 9.17) is 10.5 Å². The summed E-state index contributed by atoms with van der Waals surface area (Å²) in [6.07, 6.45) is -2.97. The summed E-state index contributed by atoms with van der Waals surface area (Å²) in [6, 6.07) is 12.5. The molecular formula is C19H15F3N2O2. The van der Waals surface area contributed by atoms with Crippen LogP contribution in [0.3, 0.4) is 0 Å². The molecule has 0 radical (unpaired) electrons. The van der Waals surface area contributed by atoms with Crippen LogP contribution in [0.2, 0.25) is 0 Å². The van der Waals surface area contributed by atoms with Crippen LogP contribution in [-0.4, -0.2) is 4.57 Å². The summed E-state index contributed by atoms with van der Waals surface area (Å²) in [5, 5.41) is 0. The van der Waals surface area contributed by atoms with Gasteiger partial charge in [0.1, 0.15) is 11.5 Å². The molecule has 0 spiro atoms. The SMILES string of the molecule is Cn1cc(-c2cc(N)ccc2Oc2ccccc2C(F)(F)F)ccc1=O. The van der Waals surface area contributed by atoms with Gasteiger partial charge in [0.15, 0.2) is 0 Å². The number of anilines is 1. The van der Waals surface area contributed by atoms with Crippen LogP contribution in [0.4, 0.5) is 18.9 Å². The predicted octanol–water partition coefficient (Wildman–Crippen LogP) is 4.45. The third kappa shape index (κ3) is 3.56. The highest BCUT2D eigenvalue weighted by Crippen LogP contribution is 2.40. The van der Waals surface area contributed by atoms with Gasteiger partial charge in [-0.2, -0.15) is 13.2 Å². The molecule has 1 heterocycles. The fourth-order valence-electron chi connectivity index (χ4n) is 2.52. The average Bonchev–Trinajstić information content (AvgIpc) is 2.58. The normalized spacial score (nSPS) is 11.4. The van der Waals surface area contributed by atoms with Gasteiger partial charge in [-0.05, 0) is 36.4 Å². The van der Waals surface area contributed by atoms with Crippen LogP contribution in [0.15, 0.2) is 65.6 Å². The van der Waals surface area contributed by atoms with E-state index in [0.717, 1.165) is 6.07 Å². The highest BCUT2D eigenvalue weighted by molar-refractivity contribution is 5.74. The Balaban J connectivity index is 2.10. The second kappa shape index (κ2) is 6.59. The molecule has 0 fully saturated rings. The van der Waals surface area contributed by atoms with Gasteiger partial charge in [-0.25, -0.2) is 0 Å². The summed E-state index contributed by atoms with van der Waals surface area (Å²) in [5.41, 5.74) is 6.24. The van der Waals surface area contributed by atoms with Crippen molar-refractivity contribution in [3.63, 3.8) is 0 Å². The molecular weight excluding hydrogens is 345 g/mol. The zero-order chi connectivity index (χ0) is 18.9. The lowest BCUT2D eigenvalue weighted by atomic mass is 10.1. The molecule has 0 aliphatic rings. The van der Waals surface area contributed by atoms with Crippen molar-refractivity contribution in [3.8, 4) is 22.6 Å². The lowest BCUT2D eigenvalue weighted by molar-refractivity contribution is -0.138.